The fourth-order valence-corrected chi connectivity index (χ4v) is 1.21. The molecule has 84 valence electrons. The largest absolute Gasteiger partial charge is 0.465 e. The predicted octanol–water partition coefficient (Wildman–Crippen LogP) is 1.91. The van der Waals surface area contributed by atoms with Gasteiger partial charge in [-0.1, -0.05) is 0 Å². The van der Waals surface area contributed by atoms with Crippen LogP contribution in [0.3, 0.4) is 0 Å². The van der Waals surface area contributed by atoms with Crippen molar-refractivity contribution in [2.75, 3.05) is 13.6 Å². The van der Waals surface area contributed by atoms with Gasteiger partial charge in [0.25, 0.3) is 0 Å². The van der Waals surface area contributed by atoms with Gasteiger partial charge in [0.2, 0.25) is 5.91 Å². The van der Waals surface area contributed by atoms with Crippen molar-refractivity contribution < 1.29 is 9.21 Å². The van der Waals surface area contributed by atoms with Gasteiger partial charge in [-0.15, -0.1) is 0 Å². The number of carbonyl (C=O) groups excluding carboxylic acids is 1. The first-order valence-electron chi connectivity index (χ1n) is 4.99. The number of likely N-dealkylation sites (N-methyl/N-ethyl adjacent to an activating group) is 1. The monoisotopic (exact) mass is 218 g/mol. The molecular formula is C12H14N2O2. The Balaban J connectivity index is 2.49. The fraction of sp³-hybridized carbons (Fsp3) is 0.333. The lowest BCUT2D eigenvalue weighted by Crippen LogP contribution is -2.29. The van der Waals surface area contributed by atoms with E-state index in [4.69, 9.17) is 9.68 Å². The number of nitriles is 1. The molecule has 4 nitrogen and oxygen atoms in total. The molecule has 1 heterocycles. The molecule has 0 aliphatic heterocycles. The van der Waals surface area contributed by atoms with E-state index in [1.165, 1.54) is 11.0 Å². The maximum absolute atomic E-state index is 11.6. The van der Waals surface area contributed by atoms with Gasteiger partial charge in [-0.05, 0) is 25.1 Å². The molecule has 0 saturated heterocycles. The summed E-state index contributed by atoms with van der Waals surface area (Å²) >= 11 is 0. The number of furan rings is 1. The summed E-state index contributed by atoms with van der Waals surface area (Å²) in [7, 11) is 1.67. The second kappa shape index (κ2) is 5.76. The number of carbonyl (C=O) groups is 1. The summed E-state index contributed by atoms with van der Waals surface area (Å²) in [6.45, 7) is 2.21. The summed E-state index contributed by atoms with van der Waals surface area (Å²) in [6.07, 6.45) is 4.59. The summed E-state index contributed by atoms with van der Waals surface area (Å²) < 4.78 is 5.06. The normalized spacial score (nSPS) is 12.3. The first-order valence-corrected chi connectivity index (χ1v) is 4.99. The maximum Gasteiger partial charge on any atom is 0.246 e. The zero-order valence-corrected chi connectivity index (χ0v) is 9.38. The Morgan fingerprint density at radius 1 is 1.75 bits per heavy atom. The molecule has 0 N–H and O–H groups in total. The van der Waals surface area contributed by atoms with Crippen molar-refractivity contribution in [1.29, 1.82) is 5.26 Å². The molecule has 0 unspecified atom stereocenters. The average Bonchev–Trinajstić information content (AvgIpc) is 2.78. The number of hydrogen-bond acceptors (Lipinski definition) is 3. The highest BCUT2D eigenvalue weighted by Gasteiger charge is 2.08. The minimum atomic E-state index is -0.161. The van der Waals surface area contributed by atoms with E-state index < -0.39 is 0 Å². The third-order valence-corrected chi connectivity index (χ3v) is 2.08. The fourth-order valence-electron chi connectivity index (χ4n) is 1.21. The average molecular weight is 218 g/mol. The van der Waals surface area contributed by atoms with Gasteiger partial charge in [0.05, 0.1) is 18.3 Å². The van der Waals surface area contributed by atoms with Crippen molar-refractivity contribution in [1.82, 2.24) is 4.90 Å². The van der Waals surface area contributed by atoms with Crippen molar-refractivity contribution >= 4 is 12.0 Å². The Hall–Kier alpha value is -2.02. The van der Waals surface area contributed by atoms with Gasteiger partial charge in [0.15, 0.2) is 0 Å². The molecule has 4 heteroatoms. The lowest BCUT2D eigenvalue weighted by molar-refractivity contribution is -0.125. The van der Waals surface area contributed by atoms with E-state index in [0.717, 1.165) is 0 Å². The van der Waals surface area contributed by atoms with Gasteiger partial charge in [-0.25, -0.2) is 0 Å². The number of rotatable bonds is 4. The lowest BCUT2D eigenvalue weighted by atomic mass is 10.2. The van der Waals surface area contributed by atoms with E-state index in [2.05, 4.69) is 6.07 Å². The van der Waals surface area contributed by atoms with Crippen LogP contribution in [0.5, 0.6) is 0 Å². The van der Waals surface area contributed by atoms with Gasteiger partial charge in [-0.2, -0.15) is 5.26 Å². The summed E-state index contributed by atoms with van der Waals surface area (Å²) in [5.41, 5.74) is 0. The molecule has 0 fully saturated rings. The molecule has 1 amide bonds. The Morgan fingerprint density at radius 2 is 2.50 bits per heavy atom. The molecule has 0 aromatic carbocycles. The van der Waals surface area contributed by atoms with Crippen LogP contribution < -0.4 is 0 Å². The van der Waals surface area contributed by atoms with Crippen molar-refractivity contribution in [2.24, 2.45) is 5.92 Å². The molecule has 0 aliphatic rings. The van der Waals surface area contributed by atoms with Crippen molar-refractivity contribution in [3.8, 4) is 6.07 Å². The Labute approximate surface area is 94.8 Å². The van der Waals surface area contributed by atoms with Crippen LogP contribution >= 0.6 is 0 Å². The van der Waals surface area contributed by atoms with Gasteiger partial charge >= 0.3 is 0 Å². The zero-order chi connectivity index (χ0) is 12.0. The van der Waals surface area contributed by atoms with Crippen LogP contribution in [0.4, 0.5) is 0 Å². The number of nitrogens with zero attached hydrogens (tertiary/aromatic N) is 2. The van der Waals surface area contributed by atoms with E-state index in [1.54, 1.807) is 38.4 Å². The highest BCUT2D eigenvalue weighted by molar-refractivity contribution is 5.91. The number of amides is 1. The number of hydrogen-bond donors (Lipinski definition) is 0. The molecule has 16 heavy (non-hydrogen) atoms. The predicted molar refractivity (Wildman–Crippen MR) is 60.2 cm³/mol. The van der Waals surface area contributed by atoms with Crippen molar-refractivity contribution in [3.05, 3.63) is 30.2 Å². The summed E-state index contributed by atoms with van der Waals surface area (Å²) in [5, 5.41) is 8.62. The maximum atomic E-state index is 11.6. The topological polar surface area (TPSA) is 57.2 Å². The van der Waals surface area contributed by atoms with Gasteiger partial charge in [0, 0.05) is 19.7 Å². The van der Waals surface area contributed by atoms with Gasteiger partial charge in [-0.3, -0.25) is 4.79 Å². The summed E-state index contributed by atoms with van der Waals surface area (Å²) in [4.78, 5) is 13.1. The summed E-state index contributed by atoms with van der Waals surface area (Å²) in [5.74, 6) is 0.333. The van der Waals surface area contributed by atoms with Crippen LogP contribution in [0.25, 0.3) is 6.08 Å². The SMILES string of the molecule is C[C@@H](C#N)CN(C)C(=O)/C=C/c1ccco1. The van der Waals surface area contributed by atoms with Crippen LogP contribution in [0.15, 0.2) is 28.9 Å². The minimum Gasteiger partial charge on any atom is -0.465 e. The van der Waals surface area contributed by atoms with Crippen molar-refractivity contribution in [2.45, 2.75) is 6.92 Å². The minimum absolute atomic E-state index is 0.140. The third kappa shape index (κ3) is 3.62. The molecule has 0 radical (unpaired) electrons. The molecule has 1 aromatic rings. The summed E-state index contributed by atoms with van der Waals surface area (Å²) in [6, 6.07) is 5.60. The molecule has 1 atom stereocenters. The van der Waals surface area contributed by atoms with Gasteiger partial charge < -0.3 is 9.32 Å². The smallest absolute Gasteiger partial charge is 0.246 e. The van der Waals surface area contributed by atoms with E-state index in [9.17, 15) is 4.79 Å². The molecule has 1 rings (SSSR count). The van der Waals surface area contributed by atoms with Crippen molar-refractivity contribution in [3.63, 3.8) is 0 Å². The second-order valence-corrected chi connectivity index (χ2v) is 3.60. The first-order chi connectivity index (χ1) is 7.63. The highest BCUT2D eigenvalue weighted by atomic mass is 16.3. The van der Waals surface area contributed by atoms with Crippen LogP contribution in [-0.4, -0.2) is 24.4 Å². The van der Waals surface area contributed by atoms with E-state index in [1.807, 2.05) is 0 Å². The quantitative estimate of drug-likeness (QED) is 0.725. The Morgan fingerprint density at radius 3 is 3.06 bits per heavy atom. The standard InChI is InChI=1S/C12H14N2O2/c1-10(8-13)9-14(2)12(15)6-5-11-4-3-7-16-11/h3-7,10H,9H2,1-2H3/b6-5+/t10-/m0/s1. The Kier molecular flexibility index (Phi) is 4.34. The van der Waals surface area contributed by atoms with E-state index in [0.29, 0.717) is 12.3 Å². The van der Waals surface area contributed by atoms with Crippen LogP contribution in [0.2, 0.25) is 0 Å². The van der Waals surface area contributed by atoms with Crippen LogP contribution in [-0.2, 0) is 4.79 Å². The van der Waals surface area contributed by atoms with Gasteiger partial charge in [0.1, 0.15) is 5.76 Å². The molecule has 0 saturated carbocycles. The molecule has 1 aromatic heterocycles. The van der Waals surface area contributed by atoms with Crippen LogP contribution in [0.1, 0.15) is 12.7 Å². The van der Waals surface area contributed by atoms with E-state index >= 15 is 0 Å². The van der Waals surface area contributed by atoms with E-state index in [-0.39, 0.29) is 11.8 Å². The lowest BCUT2D eigenvalue weighted by Gasteiger charge is -2.15. The molecule has 0 bridgehead atoms. The molecule has 0 spiro atoms. The first kappa shape index (κ1) is 12.1. The molecular weight excluding hydrogens is 204 g/mol. The van der Waals surface area contributed by atoms with Crippen LogP contribution in [0, 0.1) is 17.2 Å². The third-order valence-electron chi connectivity index (χ3n) is 2.08. The second-order valence-electron chi connectivity index (χ2n) is 3.60. The highest BCUT2D eigenvalue weighted by Crippen LogP contribution is 2.03. The zero-order valence-electron chi connectivity index (χ0n) is 9.38. The Bertz CT molecular complexity index is 401. The molecule has 0 aliphatic carbocycles.